The van der Waals surface area contributed by atoms with Crippen molar-refractivity contribution >= 4 is 23.4 Å². The number of primary amides is 1. The Morgan fingerprint density at radius 2 is 1.85 bits per heavy atom. The first-order chi connectivity index (χ1) is 13.0. The Kier molecular flexibility index (Phi) is 6.19. The fourth-order valence-electron chi connectivity index (χ4n) is 2.84. The number of nitrogens with two attached hydrogens (primary N) is 1. The number of amides is 2. The average molecular weight is 389 g/mol. The Bertz CT molecular complexity index is 826. The molecular formula is C20H21ClN2O4. The van der Waals surface area contributed by atoms with E-state index < -0.39 is 5.91 Å². The van der Waals surface area contributed by atoms with Crippen LogP contribution < -0.4 is 15.2 Å². The van der Waals surface area contributed by atoms with Crippen LogP contribution in [0, 0.1) is 0 Å². The van der Waals surface area contributed by atoms with Crippen molar-refractivity contribution in [3.8, 4) is 11.5 Å². The number of fused-ring (bicyclic) bond motifs is 1. The second-order valence-electron chi connectivity index (χ2n) is 6.26. The third-order valence-electron chi connectivity index (χ3n) is 4.18. The van der Waals surface area contributed by atoms with Crippen molar-refractivity contribution in [2.75, 3.05) is 19.8 Å². The molecule has 0 aromatic heterocycles. The van der Waals surface area contributed by atoms with Crippen molar-refractivity contribution in [2.24, 2.45) is 5.73 Å². The molecule has 7 heteroatoms. The SMILES string of the molecule is NC(=O)CCN(Cc1ccccc1)C(=O)c1cc(Cl)c2c(c1)OCCCO2. The van der Waals surface area contributed by atoms with Gasteiger partial charge < -0.3 is 20.1 Å². The first kappa shape index (κ1) is 19.0. The van der Waals surface area contributed by atoms with Gasteiger partial charge in [0.05, 0.1) is 18.2 Å². The molecular weight excluding hydrogens is 368 g/mol. The van der Waals surface area contributed by atoms with Crippen molar-refractivity contribution in [1.29, 1.82) is 0 Å². The number of ether oxygens (including phenoxy) is 2. The van der Waals surface area contributed by atoms with Gasteiger partial charge >= 0.3 is 0 Å². The van der Waals surface area contributed by atoms with Gasteiger partial charge in [0.1, 0.15) is 0 Å². The predicted octanol–water partition coefficient (Wildman–Crippen LogP) is 3.02. The molecule has 6 nitrogen and oxygen atoms in total. The number of carbonyl (C=O) groups is 2. The molecule has 27 heavy (non-hydrogen) atoms. The van der Waals surface area contributed by atoms with E-state index in [0.29, 0.717) is 41.8 Å². The van der Waals surface area contributed by atoms with Crippen LogP contribution >= 0.6 is 11.6 Å². The summed E-state index contributed by atoms with van der Waals surface area (Å²) in [5, 5.41) is 0.326. The van der Waals surface area contributed by atoms with E-state index in [1.54, 1.807) is 17.0 Å². The summed E-state index contributed by atoms with van der Waals surface area (Å²) < 4.78 is 11.3. The zero-order valence-electron chi connectivity index (χ0n) is 14.8. The quantitative estimate of drug-likeness (QED) is 0.824. The van der Waals surface area contributed by atoms with Crippen molar-refractivity contribution < 1.29 is 19.1 Å². The highest BCUT2D eigenvalue weighted by molar-refractivity contribution is 6.32. The van der Waals surface area contributed by atoms with Crippen molar-refractivity contribution in [1.82, 2.24) is 4.90 Å². The highest BCUT2D eigenvalue weighted by Crippen LogP contribution is 2.38. The van der Waals surface area contributed by atoms with Crippen LogP contribution in [0.25, 0.3) is 0 Å². The van der Waals surface area contributed by atoms with Crippen LogP contribution in [0.3, 0.4) is 0 Å². The van der Waals surface area contributed by atoms with Gasteiger partial charge in [-0.05, 0) is 17.7 Å². The number of rotatable bonds is 6. The fraction of sp³-hybridized carbons (Fsp3) is 0.300. The molecule has 0 atom stereocenters. The average Bonchev–Trinajstić information content (AvgIpc) is 2.91. The van der Waals surface area contributed by atoms with Crippen LogP contribution in [-0.4, -0.2) is 36.5 Å². The molecule has 0 fully saturated rings. The van der Waals surface area contributed by atoms with Crippen molar-refractivity contribution in [3.05, 3.63) is 58.6 Å². The third-order valence-corrected chi connectivity index (χ3v) is 4.46. The first-order valence-corrected chi connectivity index (χ1v) is 9.13. The maximum absolute atomic E-state index is 13.1. The molecule has 2 amide bonds. The maximum atomic E-state index is 13.1. The summed E-state index contributed by atoms with van der Waals surface area (Å²) in [6.45, 7) is 1.59. The van der Waals surface area contributed by atoms with Gasteiger partial charge in [0.15, 0.2) is 11.5 Å². The lowest BCUT2D eigenvalue weighted by molar-refractivity contribution is -0.118. The van der Waals surface area contributed by atoms with Crippen molar-refractivity contribution in [3.63, 3.8) is 0 Å². The molecule has 2 aromatic rings. The molecule has 2 N–H and O–H groups in total. The van der Waals surface area contributed by atoms with Gasteiger partial charge in [-0.1, -0.05) is 41.9 Å². The highest BCUT2D eigenvalue weighted by Gasteiger charge is 2.22. The summed E-state index contributed by atoms with van der Waals surface area (Å²) in [4.78, 5) is 25.9. The van der Waals surface area contributed by atoms with Gasteiger partial charge in [0, 0.05) is 31.5 Å². The molecule has 2 aromatic carbocycles. The van der Waals surface area contributed by atoms with Gasteiger partial charge in [-0.2, -0.15) is 0 Å². The lowest BCUT2D eigenvalue weighted by Crippen LogP contribution is -2.33. The van der Waals surface area contributed by atoms with E-state index in [1.165, 1.54) is 0 Å². The van der Waals surface area contributed by atoms with E-state index in [4.69, 9.17) is 26.8 Å². The summed E-state index contributed by atoms with van der Waals surface area (Å²) >= 11 is 6.31. The Balaban J connectivity index is 1.87. The molecule has 0 aliphatic carbocycles. The summed E-state index contributed by atoms with van der Waals surface area (Å²) in [5.74, 6) is 0.200. The highest BCUT2D eigenvalue weighted by atomic mass is 35.5. The molecule has 142 valence electrons. The number of carbonyl (C=O) groups excluding carboxylic acids is 2. The maximum Gasteiger partial charge on any atom is 0.254 e. The fourth-order valence-corrected chi connectivity index (χ4v) is 3.10. The zero-order chi connectivity index (χ0) is 19.2. The van der Waals surface area contributed by atoms with E-state index in [9.17, 15) is 9.59 Å². The number of nitrogens with zero attached hydrogens (tertiary/aromatic N) is 1. The van der Waals surface area contributed by atoms with Crippen LogP contribution in [0.2, 0.25) is 5.02 Å². The van der Waals surface area contributed by atoms with Crippen LogP contribution in [0.5, 0.6) is 11.5 Å². The first-order valence-electron chi connectivity index (χ1n) is 8.75. The number of benzene rings is 2. The van der Waals surface area contributed by atoms with E-state index in [1.807, 2.05) is 30.3 Å². The molecule has 1 heterocycles. The second kappa shape index (κ2) is 8.77. The number of hydrogen-bond acceptors (Lipinski definition) is 4. The van der Waals surface area contributed by atoms with Crippen LogP contribution in [0.15, 0.2) is 42.5 Å². The number of hydrogen-bond donors (Lipinski definition) is 1. The predicted molar refractivity (Wildman–Crippen MR) is 102 cm³/mol. The van der Waals surface area contributed by atoms with Gasteiger partial charge in [-0.25, -0.2) is 0 Å². The smallest absolute Gasteiger partial charge is 0.254 e. The summed E-state index contributed by atoms with van der Waals surface area (Å²) in [7, 11) is 0. The molecule has 0 unspecified atom stereocenters. The molecule has 1 aliphatic heterocycles. The van der Waals surface area contributed by atoms with Gasteiger partial charge in [-0.3, -0.25) is 9.59 Å². The lowest BCUT2D eigenvalue weighted by Gasteiger charge is -2.23. The van der Waals surface area contributed by atoms with Gasteiger partial charge in [0.25, 0.3) is 5.91 Å². The Morgan fingerprint density at radius 1 is 1.11 bits per heavy atom. The molecule has 0 saturated carbocycles. The minimum atomic E-state index is -0.461. The Morgan fingerprint density at radius 3 is 2.59 bits per heavy atom. The number of halogens is 1. The normalized spacial score (nSPS) is 12.9. The second-order valence-corrected chi connectivity index (χ2v) is 6.67. The monoisotopic (exact) mass is 388 g/mol. The molecule has 0 radical (unpaired) electrons. The minimum Gasteiger partial charge on any atom is -0.489 e. The van der Waals surface area contributed by atoms with Crippen LogP contribution in [0.1, 0.15) is 28.8 Å². The van der Waals surface area contributed by atoms with Crippen LogP contribution in [-0.2, 0) is 11.3 Å². The van der Waals surface area contributed by atoms with Crippen molar-refractivity contribution in [2.45, 2.75) is 19.4 Å². The molecule has 0 bridgehead atoms. The molecule has 3 rings (SSSR count). The molecule has 0 spiro atoms. The van der Waals surface area contributed by atoms with Crippen LogP contribution in [0.4, 0.5) is 0 Å². The topological polar surface area (TPSA) is 81.9 Å². The Labute approximate surface area is 162 Å². The van der Waals surface area contributed by atoms with E-state index >= 15 is 0 Å². The van der Waals surface area contributed by atoms with E-state index in [2.05, 4.69) is 0 Å². The standard InChI is InChI=1S/C20H21ClN2O4/c21-16-11-15(12-17-19(16)27-10-4-9-26-17)20(25)23(8-7-18(22)24)13-14-5-2-1-3-6-14/h1-3,5-6,11-12H,4,7-10,13H2,(H2,22,24). The van der Waals surface area contributed by atoms with Gasteiger partial charge in [-0.15, -0.1) is 0 Å². The van der Waals surface area contributed by atoms with E-state index in [0.717, 1.165) is 12.0 Å². The minimum absolute atomic E-state index is 0.0802. The third kappa shape index (κ3) is 4.92. The summed E-state index contributed by atoms with van der Waals surface area (Å²) in [6, 6.07) is 12.8. The zero-order valence-corrected chi connectivity index (χ0v) is 15.6. The van der Waals surface area contributed by atoms with Gasteiger partial charge in [0.2, 0.25) is 5.91 Å². The summed E-state index contributed by atoms with van der Waals surface area (Å²) in [5.41, 5.74) is 6.60. The lowest BCUT2D eigenvalue weighted by atomic mass is 10.1. The van der Waals surface area contributed by atoms with E-state index in [-0.39, 0.29) is 18.9 Å². The summed E-state index contributed by atoms with van der Waals surface area (Å²) in [6.07, 6.45) is 0.823. The molecule has 1 aliphatic rings. The molecule has 0 saturated heterocycles. The Hall–Kier alpha value is -2.73. The largest absolute Gasteiger partial charge is 0.489 e.